The van der Waals surface area contributed by atoms with Crippen LogP contribution in [0, 0.1) is 5.92 Å². The second kappa shape index (κ2) is 5.14. The van der Waals surface area contributed by atoms with Gasteiger partial charge in [-0.1, -0.05) is 20.4 Å². The number of hydrogen-bond donors (Lipinski definition) is 3. The Balaban J connectivity index is 2.61. The maximum absolute atomic E-state index is 6.02. The molecule has 0 saturated carbocycles. The monoisotopic (exact) mass is 258 g/mol. The lowest BCUT2D eigenvalue weighted by molar-refractivity contribution is -0.690. The Morgan fingerprint density at radius 3 is 2.84 bits per heavy atom. The summed E-state index contributed by atoms with van der Waals surface area (Å²) in [5.41, 5.74) is 15.3. The first-order valence-electron chi connectivity index (χ1n) is 6.27. The van der Waals surface area contributed by atoms with E-state index in [0.29, 0.717) is 17.3 Å². The molecule has 0 aliphatic heterocycles. The Kier molecular flexibility index (Phi) is 3.55. The fourth-order valence-electron chi connectivity index (χ4n) is 2.07. The highest BCUT2D eigenvalue weighted by molar-refractivity contribution is 5.76. The zero-order valence-corrected chi connectivity index (χ0v) is 11.4. The molecular formula is C14H20N5+. The van der Waals surface area contributed by atoms with Gasteiger partial charge < -0.3 is 11.5 Å². The van der Waals surface area contributed by atoms with Crippen molar-refractivity contribution < 1.29 is 4.57 Å². The Morgan fingerprint density at radius 2 is 2.26 bits per heavy atom. The molecule has 2 heterocycles. The minimum absolute atomic E-state index is 0.475. The second-order valence-electron chi connectivity index (χ2n) is 5.01. The predicted molar refractivity (Wildman–Crippen MR) is 76.7 cm³/mol. The van der Waals surface area contributed by atoms with E-state index in [1.165, 1.54) is 0 Å². The Bertz CT molecular complexity index is 598. The number of nitrogens with one attached hydrogen (secondary N) is 1. The molecule has 0 aliphatic carbocycles. The molecule has 0 unspecified atom stereocenters. The largest absolute Gasteiger partial charge is 0.397 e. The number of H-pyrrole nitrogens is 1. The fourth-order valence-corrected chi connectivity index (χ4v) is 2.07. The lowest BCUT2D eigenvalue weighted by Gasteiger charge is -2.07. The van der Waals surface area contributed by atoms with Crippen LogP contribution in [-0.4, -0.2) is 9.97 Å². The molecule has 5 N–H and O–H groups in total. The van der Waals surface area contributed by atoms with E-state index in [2.05, 4.69) is 35.0 Å². The number of pyridine rings is 1. The maximum atomic E-state index is 6.02. The number of nitrogens with zero attached hydrogens (tertiary/aromatic N) is 2. The Hall–Kier alpha value is -2.30. The van der Waals surface area contributed by atoms with E-state index in [4.69, 9.17) is 11.5 Å². The van der Waals surface area contributed by atoms with E-state index in [0.717, 1.165) is 23.6 Å². The topological polar surface area (TPSA) is 84.6 Å². The summed E-state index contributed by atoms with van der Waals surface area (Å²) in [4.78, 5) is 7.52. The van der Waals surface area contributed by atoms with Gasteiger partial charge in [0.05, 0.1) is 17.9 Å². The average molecular weight is 258 g/mol. The van der Waals surface area contributed by atoms with Gasteiger partial charge in [-0.3, -0.25) is 4.98 Å². The van der Waals surface area contributed by atoms with Crippen molar-refractivity contribution in [3.05, 3.63) is 36.9 Å². The summed E-state index contributed by atoms with van der Waals surface area (Å²) >= 11 is 0. The quantitative estimate of drug-likeness (QED) is 0.727. The van der Waals surface area contributed by atoms with Crippen LogP contribution in [0.5, 0.6) is 0 Å². The lowest BCUT2D eigenvalue weighted by atomic mass is 10.1. The number of aromatic nitrogens is 3. The molecule has 2 rings (SSSR count). The van der Waals surface area contributed by atoms with Gasteiger partial charge in [-0.15, -0.1) is 0 Å². The number of nitrogen functional groups attached to an aromatic ring is 1. The molecule has 2 aromatic heterocycles. The standard InChI is InChI=1S/C14H19N5/c1-9(2)7-19-8-18-12(10(3)15)14(19)13-11(16)5-4-6-17-13/h4-6,8-9H,3,7,15-16H2,1-2H3/p+1. The molecule has 0 bridgehead atoms. The molecule has 2 aromatic rings. The maximum Gasteiger partial charge on any atom is 0.242 e. The Morgan fingerprint density at radius 1 is 1.53 bits per heavy atom. The van der Waals surface area contributed by atoms with Crippen molar-refractivity contribution in [2.75, 3.05) is 5.73 Å². The number of rotatable bonds is 4. The van der Waals surface area contributed by atoms with Gasteiger partial charge in [0.15, 0.2) is 5.69 Å². The van der Waals surface area contributed by atoms with Gasteiger partial charge in [0.2, 0.25) is 12.0 Å². The van der Waals surface area contributed by atoms with Crippen molar-refractivity contribution in [3.63, 3.8) is 0 Å². The van der Waals surface area contributed by atoms with Gasteiger partial charge in [0, 0.05) is 6.20 Å². The summed E-state index contributed by atoms with van der Waals surface area (Å²) in [5.74, 6) is 0.503. The highest BCUT2D eigenvalue weighted by Gasteiger charge is 2.24. The van der Waals surface area contributed by atoms with Crippen molar-refractivity contribution in [3.8, 4) is 11.4 Å². The van der Waals surface area contributed by atoms with Gasteiger partial charge in [-0.2, -0.15) is 0 Å². The molecule has 0 atom stereocenters. The van der Waals surface area contributed by atoms with Crippen LogP contribution < -0.4 is 16.0 Å². The number of nitrogens with two attached hydrogens (primary N) is 2. The molecule has 0 fully saturated rings. The molecule has 5 heteroatoms. The van der Waals surface area contributed by atoms with Gasteiger partial charge in [-0.05, 0) is 18.1 Å². The summed E-state index contributed by atoms with van der Waals surface area (Å²) in [5, 5.41) is 0. The average Bonchev–Trinajstić information content (AvgIpc) is 2.72. The highest BCUT2D eigenvalue weighted by Crippen LogP contribution is 2.25. The van der Waals surface area contributed by atoms with Crippen molar-refractivity contribution in [1.29, 1.82) is 0 Å². The third kappa shape index (κ3) is 2.59. The zero-order chi connectivity index (χ0) is 14.0. The van der Waals surface area contributed by atoms with Crippen molar-refractivity contribution >= 4 is 11.4 Å². The van der Waals surface area contributed by atoms with E-state index in [-0.39, 0.29) is 0 Å². The minimum Gasteiger partial charge on any atom is -0.397 e. The van der Waals surface area contributed by atoms with Gasteiger partial charge in [0.25, 0.3) is 0 Å². The molecule has 0 spiro atoms. The molecule has 0 aliphatic rings. The van der Waals surface area contributed by atoms with Crippen LogP contribution in [0.3, 0.4) is 0 Å². The van der Waals surface area contributed by atoms with Crippen molar-refractivity contribution in [2.45, 2.75) is 20.4 Å². The van der Waals surface area contributed by atoms with Crippen LogP contribution in [0.25, 0.3) is 17.1 Å². The molecule has 0 amide bonds. The van der Waals surface area contributed by atoms with Gasteiger partial charge in [-0.25, -0.2) is 9.55 Å². The van der Waals surface area contributed by atoms with Crippen LogP contribution in [0.4, 0.5) is 5.69 Å². The SMILES string of the molecule is C=C(N)c1[nH]c[n+](CC(C)C)c1-c1ncccc1N. The number of aromatic amines is 1. The predicted octanol–water partition coefficient (Wildman–Crippen LogP) is 1.53. The van der Waals surface area contributed by atoms with Gasteiger partial charge >= 0.3 is 0 Å². The summed E-state index contributed by atoms with van der Waals surface area (Å²) in [6.07, 6.45) is 3.61. The van der Waals surface area contributed by atoms with E-state index in [1.807, 2.05) is 18.5 Å². The number of imidazole rings is 1. The van der Waals surface area contributed by atoms with Crippen LogP contribution in [0.1, 0.15) is 19.5 Å². The number of anilines is 1. The molecule has 0 saturated heterocycles. The summed E-state index contributed by atoms with van der Waals surface area (Å²) in [6, 6.07) is 3.65. The Labute approximate surface area is 113 Å². The fraction of sp³-hybridized carbons (Fsp3) is 0.286. The lowest BCUT2D eigenvalue weighted by Crippen LogP contribution is -2.37. The molecule has 5 nitrogen and oxygen atoms in total. The first kappa shape index (κ1) is 13.1. The first-order chi connectivity index (χ1) is 9.00. The highest BCUT2D eigenvalue weighted by atomic mass is 15.1. The molecule has 0 radical (unpaired) electrons. The van der Waals surface area contributed by atoms with E-state index >= 15 is 0 Å². The third-order valence-electron chi connectivity index (χ3n) is 2.83. The van der Waals surface area contributed by atoms with Crippen LogP contribution in [-0.2, 0) is 6.54 Å². The number of hydrogen-bond acceptors (Lipinski definition) is 3. The minimum atomic E-state index is 0.475. The smallest absolute Gasteiger partial charge is 0.242 e. The zero-order valence-electron chi connectivity index (χ0n) is 11.4. The van der Waals surface area contributed by atoms with Crippen molar-refractivity contribution in [1.82, 2.24) is 9.97 Å². The molecule has 100 valence electrons. The summed E-state index contributed by atoms with van der Waals surface area (Å²) < 4.78 is 2.08. The van der Waals surface area contributed by atoms with E-state index in [1.54, 1.807) is 6.20 Å². The summed E-state index contributed by atoms with van der Waals surface area (Å²) in [7, 11) is 0. The van der Waals surface area contributed by atoms with E-state index < -0.39 is 0 Å². The van der Waals surface area contributed by atoms with Crippen LogP contribution in [0.2, 0.25) is 0 Å². The van der Waals surface area contributed by atoms with Gasteiger partial charge in [0.1, 0.15) is 5.69 Å². The normalized spacial score (nSPS) is 10.9. The second-order valence-corrected chi connectivity index (χ2v) is 5.01. The molecule has 19 heavy (non-hydrogen) atoms. The van der Waals surface area contributed by atoms with Crippen LogP contribution >= 0.6 is 0 Å². The van der Waals surface area contributed by atoms with Crippen molar-refractivity contribution in [2.24, 2.45) is 11.7 Å². The molecular weight excluding hydrogens is 238 g/mol. The first-order valence-corrected chi connectivity index (χ1v) is 6.27. The third-order valence-corrected chi connectivity index (χ3v) is 2.83. The molecule has 0 aromatic carbocycles. The van der Waals surface area contributed by atoms with Crippen LogP contribution in [0.15, 0.2) is 31.2 Å². The summed E-state index contributed by atoms with van der Waals surface area (Å²) in [6.45, 7) is 8.97. The van der Waals surface area contributed by atoms with E-state index in [9.17, 15) is 0 Å².